The van der Waals surface area contributed by atoms with Crippen LogP contribution in [0, 0.1) is 6.92 Å². The molecule has 0 radical (unpaired) electrons. The van der Waals surface area contributed by atoms with E-state index in [0.29, 0.717) is 0 Å². The highest BCUT2D eigenvalue weighted by Crippen LogP contribution is 2.35. The monoisotopic (exact) mass is 342 g/mol. The summed E-state index contributed by atoms with van der Waals surface area (Å²) in [6, 6.07) is 8.41. The second kappa shape index (κ2) is 5.75. The fourth-order valence-electron chi connectivity index (χ4n) is 2.45. The number of anilines is 1. The van der Waals surface area contributed by atoms with Crippen LogP contribution in [0.4, 0.5) is 5.69 Å². The van der Waals surface area contributed by atoms with Gasteiger partial charge in [-0.3, -0.25) is 0 Å². The molecule has 7 heteroatoms. The highest BCUT2D eigenvalue weighted by Gasteiger charge is 2.14. The highest BCUT2D eigenvalue weighted by atomic mass is 32.2. The fraction of sp³-hybridized carbons (Fsp3) is 0.125. The van der Waals surface area contributed by atoms with E-state index >= 15 is 0 Å². The van der Waals surface area contributed by atoms with Gasteiger partial charge in [0.1, 0.15) is 10.8 Å². The zero-order valence-electron chi connectivity index (χ0n) is 12.6. The summed E-state index contributed by atoms with van der Waals surface area (Å²) in [5, 5.41) is 7.98. The van der Waals surface area contributed by atoms with Crippen molar-refractivity contribution in [2.45, 2.75) is 11.8 Å². The number of rotatable bonds is 4. The lowest BCUT2D eigenvalue weighted by Gasteiger charge is -2.17. The highest BCUT2D eigenvalue weighted by molar-refractivity contribution is 8.00. The van der Waals surface area contributed by atoms with Crippen molar-refractivity contribution >= 4 is 39.9 Å². The van der Waals surface area contributed by atoms with Crippen molar-refractivity contribution in [1.82, 2.24) is 15.1 Å². The Morgan fingerprint density at radius 2 is 2.26 bits per heavy atom. The first-order chi connectivity index (χ1) is 11.2. The molecule has 0 aliphatic carbocycles. The number of nitrogens with zero attached hydrogens (tertiary/aromatic N) is 3. The van der Waals surface area contributed by atoms with Crippen molar-refractivity contribution in [2.24, 2.45) is 0 Å². The molecule has 0 saturated carbocycles. The predicted molar refractivity (Wildman–Crippen MR) is 94.9 cm³/mol. The van der Waals surface area contributed by atoms with Crippen LogP contribution in [0.5, 0.6) is 0 Å². The molecule has 0 atom stereocenters. The maximum atomic E-state index is 5.13. The quantitative estimate of drug-likeness (QED) is 0.543. The predicted octanol–water partition coefficient (Wildman–Crippen LogP) is 4.73. The molecule has 1 N–H and O–H groups in total. The maximum absolute atomic E-state index is 5.13. The minimum atomic E-state index is 0.823. The Hall–Kier alpha value is -2.25. The number of hydrogen-bond donors (Lipinski definition) is 1. The van der Waals surface area contributed by atoms with E-state index in [0.717, 1.165) is 32.6 Å². The summed E-state index contributed by atoms with van der Waals surface area (Å²) in [6.45, 7) is 1.92. The normalized spacial score (nSPS) is 11.2. The van der Waals surface area contributed by atoms with Gasteiger partial charge in [-0.25, -0.2) is 4.98 Å². The third-order valence-electron chi connectivity index (χ3n) is 3.58. The van der Waals surface area contributed by atoms with E-state index in [1.54, 1.807) is 29.5 Å². The number of para-hydroxylation sites is 1. The van der Waals surface area contributed by atoms with Gasteiger partial charge in [0.05, 0.1) is 28.0 Å². The molecule has 3 aromatic heterocycles. The van der Waals surface area contributed by atoms with Crippen molar-refractivity contribution < 1.29 is 4.52 Å². The molecule has 0 unspecified atom stereocenters. The number of nitrogens with one attached hydrogen (secondary N) is 1. The van der Waals surface area contributed by atoms with Crippen molar-refractivity contribution in [2.75, 3.05) is 11.4 Å². The third kappa shape index (κ3) is 2.62. The molecule has 3 heterocycles. The van der Waals surface area contributed by atoms with Crippen molar-refractivity contribution in [3.05, 3.63) is 47.8 Å². The molecule has 116 valence electrons. The number of H-pyrrole nitrogens is 1. The molecule has 0 amide bonds. The summed E-state index contributed by atoms with van der Waals surface area (Å²) < 4.78 is 7.24. The van der Waals surface area contributed by atoms with Crippen LogP contribution < -0.4 is 4.31 Å². The topological polar surface area (TPSA) is 58.0 Å². The van der Waals surface area contributed by atoms with Crippen LogP contribution in [-0.4, -0.2) is 22.2 Å². The summed E-state index contributed by atoms with van der Waals surface area (Å²) in [5.41, 5.74) is 3.25. The van der Waals surface area contributed by atoms with Crippen molar-refractivity contribution in [3.8, 4) is 10.7 Å². The van der Waals surface area contributed by atoms with Crippen molar-refractivity contribution in [3.63, 3.8) is 0 Å². The second-order valence-electron chi connectivity index (χ2n) is 5.10. The summed E-state index contributed by atoms with van der Waals surface area (Å²) in [7, 11) is 2.04. The van der Waals surface area contributed by atoms with E-state index in [9.17, 15) is 0 Å². The molecule has 0 fully saturated rings. The van der Waals surface area contributed by atoms with Gasteiger partial charge < -0.3 is 13.8 Å². The lowest BCUT2D eigenvalue weighted by atomic mass is 10.2. The number of aromatic nitrogens is 3. The summed E-state index contributed by atoms with van der Waals surface area (Å²) in [6.07, 6.45) is 3.56. The SMILES string of the molecule is Cc1oncc1SN(C)c1cccc2cc(-c3nccs3)[nH]c12. The number of fused-ring (bicyclic) bond motifs is 1. The van der Waals surface area contributed by atoms with Gasteiger partial charge in [-0.1, -0.05) is 17.3 Å². The molecule has 0 bridgehead atoms. The van der Waals surface area contributed by atoms with E-state index < -0.39 is 0 Å². The Morgan fingerprint density at radius 1 is 1.35 bits per heavy atom. The number of benzene rings is 1. The van der Waals surface area contributed by atoms with E-state index in [2.05, 4.69) is 43.7 Å². The van der Waals surface area contributed by atoms with Gasteiger partial charge in [-0.2, -0.15) is 0 Å². The molecule has 0 saturated heterocycles. The van der Waals surface area contributed by atoms with Gasteiger partial charge in [-0.05, 0) is 31.0 Å². The van der Waals surface area contributed by atoms with Crippen LogP contribution in [0.2, 0.25) is 0 Å². The van der Waals surface area contributed by atoms with Crippen LogP contribution in [-0.2, 0) is 0 Å². The molecule has 0 aliphatic heterocycles. The van der Waals surface area contributed by atoms with Gasteiger partial charge in [0.25, 0.3) is 0 Å². The lowest BCUT2D eigenvalue weighted by molar-refractivity contribution is 0.394. The van der Waals surface area contributed by atoms with Crippen molar-refractivity contribution in [1.29, 1.82) is 0 Å². The number of hydrogen-bond acceptors (Lipinski definition) is 6. The van der Waals surface area contributed by atoms with Gasteiger partial charge >= 0.3 is 0 Å². The molecule has 4 aromatic rings. The van der Waals surface area contributed by atoms with Crippen LogP contribution >= 0.6 is 23.3 Å². The van der Waals surface area contributed by atoms with Gasteiger partial charge in [-0.15, -0.1) is 11.3 Å². The molecular formula is C16H14N4OS2. The molecule has 0 spiro atoms. The minimum absolute atomic E-state index is 0.823. The largest absolute Gasteiger partial charge is 0.360 e. The first-order valence-corrected chi connectivity index (χ1v) is 8.72. The molecule has 1 aromatic carbocycles. The Morgan fingerprint density at radius 3 is 3.00 bits per heavy atom. The second-order valence-corrected chi connectivity index (χ2v) is 7.16. The van der Waals surface area contributed by atoms with Gasteiger partial charge in [0, 0.05) is 24.0 Å². The zero-order valence-corrected chi connectivity index (χ0v) is 14.2. The smallest absolute Gasteiger partial charge is 0.148 e. The number of aromatic amines is 1. The molecule has 5 nitrogen and oxygen atoms in total. The van der Waals surface area contributed by atoms with E-state index in [4.69, 9.17) is 4.52 Å². The van der Waals surface area contributed by atoms with Crippen LogP contribution in [0.3, 0.4) is 0 Å². The van der Waals surface area contributed by atoms with Crippen LogP contribution in [0.1, 0.15) is 5.76 Å². The fourth-order valence-corrected chi connectivity index (χ4v) is 3.86. The Labute approximate surface area is 141 Å². The number of thiazole rings is 1. The maximum Gasteiger partial charge on any atom is 0.148 e. The number of aryl methyl sites for hydroxylation is 1. The molecule has 0 aliphatic rings. The third-order valence-corrected chi connectivity index (χ3v) is 5.44. The molecule has 23 heavy (non-hydrogen) atoms. The molecular weight excluding hydrogens is 328 g/mol. The standard InChI is InChI=1S/C16H14N4OS2/c1-10-14(9-18-21-10)23-20(2)13-5-3-4-11-8-12(19-15(11)13)16-17-6-7-22-16/h3-9,19H,1-2H3. The molecule has 4 rings (SSSR count). The van der Waals surface area contributed by atoms with E-state index in [1.165, 1.54) is 5.39 Å². The Kier molecular flexibility index (Phi) is 3.59. The summed E-state index contributed by atoms with van der Waals surface area (Å²) in [4.78, 5) is 8.88. The Bertz CT molecular complexity index is 942. The van der Waals surface area contributed by atoms with Gasteiger partial charge in [0.2, 0.25) is 0 Å². The lowest BCUT2D eigenvalue weighted by Crippen LogP contribution is -2.06. The summed E-state index contributed by atoms with van der Waals surface area (Å²) >= 11 is 3.23. The Balaban J connectivity index is 1.73. The first kappa shape index (κ1) is 14.3. The van der Waals surface area contributed by atoms with Gasteiger partial charge in [0.15, 0.2) is 0 Å². The average molecular weight is 342 g/mol. The zero-order chi connectivity index (χ0) is 15.8. The minimum Gasteiger partial charge on any atom is -0.360 e. The van der Waals surface area contributed by atoms with Crippen LogP contribution in [0.15, 0.2) is 51.5 Å². The first-order valence-electron chi connectivity index (χ1n) is 7.07. The van der Waals surface area contributed by atoms with E-state index in [1.807, 2.05) is 25.5 Å². The van der Waals surface area contributed by atoms with Crippen LogP contribution in [0.25, 0.3) is 21.6 Å². The summed E-state index contributed by atoms with van der Waals surface area (Å²) in [5.74, 6) is 0.823. The van der Waals surface area contributed by atoms with E-state index in [-0.39, 0.29) is 0 Å². The average Bonchev–Trinajstić information content (AvgIpc) is 3.26.